The predicted octanol–water partition coefficient (Wildman–Crippen LogP) is 11.5. The molecule has 0 saturated carbocycles. The molecule has 0 aromatic rings. The van der Waals surface area contributed by atoms with Gasteiger partial charge in [0, 0.05) is 0 Å². The minimum absolute atomic E-state index is 0.483. The molecule has 0 aromatic heterocycles. The zero-order valence-corrected chi connectivity index (χ0v) is 30.4. The van der Waals surface area contributed by atoms with Gasteiger partial charge in [-0.3, -0.25) is 0 Å². The van der Waals surface area contributed by atoms with E-state index in [1.165, 1.54) is 167 Å². The van der Waals surface area contributed by atoms with Crippen molar-refractivity contribution in [3.05, 3.63) is 24.3 Å². The number of hydrogen-bond acceptors (Lipinski definition) is 4. The highest BCUT2D eigenvalue weighted by Gasteiger charge is 2.46. The van der Waals surface area contributed by atoms with E-state index in [4.69, 9.17) is 0 Å². The summed E-state index contributed by atoms with van der Waals surface area (Å²) in [5.41, 5.74) is -2.97. The molecule has 0 bridgehead atoms. The van der Waals surface area contributed by atoms with Crippen LogP contribution in [0.1, 0.15) is 206 Å². The van der Waals surface area contributed by atoms with Gasteiger partial charge in [0.05, 0.1) is 25.2 Å². The largest absolute Gasteiger partial charge is 0.395 e. The molecule has 0 unspecified atom stereocenters. The first-order chi connectivity index (χ1) is 22.1. The van der Waals surface area contributed by atoms with Gasteiger partial charge < -0.3 is 20.4 Å². The zero-order valence-electron chi connectivity index (χ0n) is 30.4. The number of allylic oxidation sites excluding steroid dienone is 2. The Morgan fingerprint density at radius 2 is 0.578 bits per heavy atom. The smallest absolute Gasteiger partial charge is 0.113 e. The van der Waals surface area contributed by atoms with Gasteiger partial charge in [-0.2, -0.15) is 0 Å². The van der Waals surface area contributed by atoms with Crippen LogP contribution in [0.3, 0.4) is 0 Å². The molecule has 0 aromatic carbocycles. The molecule has 45 heavy (non-hydrogen) atoms. The Morgan fingerprint density at radius 1 is 0.356 bits per heavy atom. The van der Waals surface area contributed by atoms with Crippen LogP contribution in [0, 0.1) is 5.41 Å². The van der Waals surface area contributed by atoms with Crippen LogP contribution < -0.4 is 0 Å². The van der Waals surface area contributed by atoms with Gasteiger partial charge >= 0.3 is 0 Å². The van der Waals surface area contributed by atoms with E-state index in [1.54, 1.807) is 12.2 Å². The van der Waals surface area contributed by atoms with Crippen molar-refractivity contribution in [3.63, 3.8) is 0 Å². The van der Waals surface area contributed by atoms with Crippen LogP contribution in [0.2, 0.25) is 0 Å². The summed E-state index contributed by atoms with van der Waals surface area (Å²) >= 11 is 0. The Kier molecular flexibility index (Phi) is 32.7. The van der Waals surface area contributed by atoms with Gasteiger partial charge in [0.25, 0.3) is 0 Å². The summed E-state index contributed by atoms with van der Waals surface area (Å²) in [6.07, 6.45) is 46.3. The van der Waals surface area contributed by atoms with E-state index < -0.39 is 30.8 Å². The van der Waals surface area contributed by atoms with Gasteiger partial charge in [-0.05, 0) is 25.7 Å². The van der Waals surface area contributed by atoms with E-state index in [9.17, 15) is 20.4 Å². The van der Waals surface area contributed by atoms with E-state index in [-0.39, 0.29) is 0 Å². The molecule has 4 nitrogen and oxygen atoms in total. The molecule has 0 aliphatic carbocycles. The molecule has 0 fully saturated rings. The molecule has 0 saturated heterocycles. The predicted molar refractivity (Wildman–Crippen MR) is 197 cm³/mol. The Labute approximate surface area is 281 Å². The fourth-order valence-corrected chi connectivity index (χ4v) is 6.38. The van der Waals surface area contributed by atoms with Crippen LogP contribution >= 0.6 is 0 Å². The summed E-state index contributed by atoms with van der Waals surface area (Å²) in [6, 6.07) is 0. The van der Waals surface area contributed by atoms with Crippen molar-refractivity contribution in [1.82, 2.24) is 0 Å². The monoisotopic (exact) mass is 637 g/mol. The lowest BCUT2D eigenvalue weighted by molar-refractivity contribution is -0.102. The van der Waals surface area contributed by atoms with Gasteiger partial charge in [-0.1, -0.05) is 205 Å². The molecule has 4 N–H and O–H groups in total. The van der Waals surface area contributed by atoms with Crippen LogP contribution in [0.15, 0.2) is 24.3 Å². The lowest BCUT2D eigenvalue weighted by Gasteiger charge is -2.40. The molecule has 0 aliphatic rings. The first-order valence-corrected chi connectivity index (χ1v) is 20.0. The quantitative estimate of drug-likeness (QED) is 0.0407. The van der Waals surface area contributed by atoms with Crippen LogP contribution in [-0.4, -0.2) is 45.8 Å². The fourth-order valence-electron chi connectivity index (χ4n) is 6.38. The Bertz CT molecular complexity index is 589. The van der Waals surface area contributed by atoms with E-state index >= 15 is 0 Å². The Balaban J connectivity index is 4.16. The third-order valence-corrected chi connectivity index (χ3v) is 9.95. The minimum atomic E-state index is -1.57. The first kappa shape index (κ1) is 44.3. The first-order valence-electron chi connectivity index (χ1n) is 20.0. The minimum Gasteiger partial charge on any atom is -0.395 e. The summed E-state index contributed by atoms with van der Waals surface area (Å²) in [4.78, 5) is 0. The molecule has 0 amide bonds. The van der Waals surface area contributed by atoms with Crippen molar-refractivity contribution in [2.75, 3.05) is 19.8 Å². The second-order valence-electron chi connectivity index (χ2n) is 14.2. The second-order valence-corrected chi connectivity index (χ2v) is 14.2. The number of unbranched alkanes of at least 4 members (excludes halogenated alkanes) is 28. The molecule has 0 spiro atoms. The fraction of sp³-hybridized carbons (Fsp3) is 0.902. The molecule has 4 heteroatoms. The lowest BCUT2D eigenvalue weighted by Crippen LogP contribution is -2.53. The molecule has 0 heterocycles. The topological polar surface area (TPSA) is 80.9 Å². The third kappa shape index (κ3) is 24.2. The van der Waals surface area contributed by atoms with E-state index in [2.05, 4.69) is 13.8 Å². The van der Waals surface area contributed by atoms with Crippen LogP contribution in [-0.2, 0) is 0 Å². The highest BCUT2D eigenvalue weighted by atomic mass is 16.3. The SMILES string of the molecule is CCCCCCCCCCCCCCCCC=CC(O)(C=CCCCCCCCCCCCCCCCC)C(CO)(CO)CO. The summed E-state index contributed by atoms with van der Waals surface area (Å²) in [5.74, 6) is 0. The molecular formula is C41H80O4. The maximum Gasteiger partial charge on any atom is 0.113 e. The molecule has 0 radical (unpaired) electrons. The summed E-state index contributed by atoms with van der Waals surface area (Å²) in [6.45, 7) is 3.10. The van der Waals surface area contributed by atoms with Gasteiger partial charge in [0.2, 0.25) is 0 Å². The molecular weight excluding hydrogens is 556 g/mol. The third-order valence-electron chi connectivity index (χ3n) is 9.95. The van der Waals surface area contributed by atoms with Crippen molar-refractivity contribution in [2.24, 2.45) is 5.41 Å². The van der Waals surface area contributed by atoms with E-state index in [0.717, 1.165) is 25.7 Å². The highest BCUT2D eigenvalue weighted by Crippen LogP contribution is 2.34. The van der Waals surface area contributed by atoms with Crippen molar-refractivity contribution in [1.29, 1.82) is 0 Å². The van der Waals surface area contributed by atoms with Crippen molar-refractivity contribution in [3.8, 4) is 0 Å². The molecule has 0 rings (SSSR count). The lowest BCUT2D eigenvalue weighted by atomic mass is 9.72. The Hall–Kier alpha value is -0.680. The zero-order chi connectivity index (χ0) is 33.2. The van der Waals surface area contributed by atoms with E-state index in [1.807, 2.05) is 12.2 Å². The normalized spacial score (nSPS) is 13.8. The van der Waals surface area contributed by atoms with Crippen molar-refractivity contribution < 1.29 is 20.4 Å². The second kappa shape index (κ2) is 33.2. The van der Waals surface area contributed by atoms with Crippen LogP contribution in [0.25, 0.3) is 0 Å². The van der Waals surface area contributed by atoms with Crippen molar-refractivity contribution >= 4 is 0 Å². The van der Waals surface area contributed by atoms with Crippen LogP contribution in [0.4, 0.5) is 0 Å². The van der Waals surface area contributed by atoms with E-state index in [0.29, 0.717) is 0 Å². The van der Waals surface area contributed by atoms with Gasteiger partial charge in [-0.25, -0.2) is 0 Å². The molecule has 0 atom stereocenters. The Morgan fingerprint density at radius 3 is 0.800 bits per heavy atom. The summed E-state index contributed by atoms with van der Waals surface area (Å²) in [7, 11) is 0. The van der Waals surface area contributed by atoms with Crippen LogP contribution in [0.5, 0.6) is 0 Å². The number of rotatable bonds is 36. The van der Waals surface area contributed by atoms with Gasteiger partial charge in [-0.15, -0.1) is 0 Å². The molecule has 268 valence electrons. The number of aliphatic hydroxyl groups excluding tert-OH is 3. The average molecular weight is 637 g/mol. The van der Waals surface area contributed by atoms with Gasteiger partial charge in [0.1, 0.15) is 5.60 Å². The van der Waals surface area contributed by atoms with Gasteiger partial charge in [0.15, 0.2) is 0 Å². The number of aliphatic hydroxyl groups is 4. The standard InChI is InChI=1S/C41H80O4/c1-3-5-7-9-11-13-15-17-19-21-23-25-27-29-31-33-35-41(45,40(37-42,38-43)39-44)36-34-32-30-28-26-24-22-20-18-16-14-12-10-8-6-4-2/h33-36,42-45H,3-32,37-39H2,1-2H3. The summed E-state index contributed by atoms with van der Waals surface area (Å²) < 4.78 is 0. The number of hydrogen-bond donors (Lipinski definition) is 4. The maximum atomic E-state index is 11.5. The summed E-state index contributed by atoms with van der Waals surface area (Å²) in [5, 5.41) is 41.6. The maximum absolute atomic E-state index is 11.5. The van der Waals surface area contributed by atoms with Crippen molar-refractivity contribution in [2.45, 2.75) is 212 Å². The molecule has 0 aliphatic heterocycles. The average Bonchev–Trinajstić information content (AvgIpc) is 3.05. The highest BCUT2D eigenvalue weighted by molar-refractivity contribution is 5.21.